The Balaban J connectivity index is 2.15. The summed E-state index contributed by atoms with van der Waals surface area (Å²) >= 11 is 3.51. The minimum atomic E-state index is 0.159. The van der Waals surface area contributed by atoms with E-state index in [9.17, 15) is 0 Å². The van der Waals surface area contributed by atoms with Crippen molar-refractivity contribution >= 4 is 32.7 Å². The van der Waals surface area contributed by atoms with E-state index in [0.717, 1.165) is 33.3 Å². The van der Waals surface area contributed by atoms with Crippen molar-refractivity contribution in [3.8, 4) is 11.4 Å². The third kappa shape index (κ3) is 3.48. The lowest BCUT2D eigenvalue weighted by Crippen LogP contribution is -2.21. The Labute approximate surface area is 143 Å². The number of nitrogens with zero attached hydrogens (tertiary/aromatic N) is 4. The number of benzene rings is 1. The Hall–Kier alpha value is -2.05. The molecule has 2 heterocycles. The van der Waals surface area contributed by atoms with Gasteiger partial charge in [-0.3, -0.25) is 4.98 Å². The summed E-state index contributed by atoms with van der Waals surface area (Å²) in [5.41, 5.74) is 1.77. The summed E-state index contributed by atoms with van der Waals surface area (Å²) in [4.78, 5) is 15.6. The van der Waals surface area contributed by atoms with E-state index in [-0.39, 0.29) is 6.61 Å². The highest BCUT2D eigenvalue weighted by Gasteiger charge is 2.13. The van der Waals surface area contributed by atoms with Gasteiger partial charge in [-0.1, -0.05) is 15.9 Å². The minimum absolute atomic E-state index is 0.159. The predicted molar refractivity (Wildman–Crippen MR) is 95.4 cm³/mol. The number of halogens is 1. The summed E-state index contributed by atoms with van der Waals surface area (Å²) in [5, 5.41) is 10.1. The fourth-order valence-corrected chi connectivity index (χ4v) is 2.77. The molecule has 0 bridgehead atoms. The van der Waals surface area contributed by atoms with Crippen molar-refractivity contribution in [2.45, 2.75) is 6.42 Å². The van der Waals surface area contributed by atoms with E-state index in [1.54, 1.807) is 12.4 Å². The third-order valence-electron chi connectivity index (χ3n) is 3.57. The van der Waals surface area contributed by atoms with Crippen molar-refractivity contribution in [3.05, 3.63) is 47.2 Å². The second-order valence-electron chi connectivity index (χ2n) is 5.27. The lowest BCUT2D eigenvalue weighted by Gasteiger charge is -2.20. The molecule has 0 spiro atoms. The van der Waals surface area contributed by atoms with Gasteiger partial charge in [-0.2, -0.15) is 0 Å². The Morgan fingerprint density at radius 1 is 1.22 bits per heavy atom. The van der Waals surface area contributed by atoms with Crippen molar-refractivity contribution in [1.29, 1.82) is 0 Å². The number of rotatable bonds is 5. The van der Waals surface area contributed by atoms with E-state index in [4.69, 9.17) is 10.1 Å². The lowest BCUT2D eigenvalue weighted by atomic mass is 10.2. The average molecular weight is 373 g/mol. The molecule has 0 amide bonds. The van der Waals surface area contributed by atoms with Crippen LogP contribution in [-0.4, -0.2) is 40.3 Å². The second kappa shape index (κ2) is 7.02. The van der Waals surface area contributed by atoms with Crippen LogP contribution in [-0.2, 0) is 0 Å². The summed E-state index contributed by atoms with van der Waals surface area (Å²) in [7, 11) is 1.98. The molecule has 1 aromatic carbocycles. The Bertz CT molecular complexity index is 810. The van der Waals surface area contributed by atoms with Gasteiger partial charge >= 0.3 is 0 Å². The van der Waals surface area contributed by atoms with Crippen molar-refractivity contribution in [1.82, 2.24) is 15.0 Å². The first-order valence-electron chi connectivity index (χ1n) is 7.39. The maximum absolute atomic E-state index is 9.08. The molecular formula is C17H17BrN4O. The van der Waals surface area contributed by atoms with Crippen molar-refractivity contribution < 1.29 is 5.11 Å². The monoisotopic (exact) mass is 372 g/mol. The normalized spacial score (nSPS) is 10.9. The molecule has 118 valence electrons. The van der Waals surface area contributed by atoms with Gasteiger partial charge in [0.25, 0.3) is 0 Å². The Kier molecular flexibility index (Phi) is 4.83. The number of aromatic nitrogens is 3. The molecule has 6 heteroatoms. The molecule has 3 aromatic rings. The fourth-order valence-electron chi connectivity index (χ4n) is 2.41. The smallest absolute Gasteiger partial charge is 0.163 e. The summed E-state index contributed by atoms with van der Waals surface area (Å²) in [6.45, 7) is 0.883. The Morgan fingerprint density at radius 2 is 2.09 bits per heavy atom. The molecule has 2 aromatic heterocycles. The van der Waals surface area contributed by atoms with Crippen molar-refractivity contribution in [2.75, 3.05) is 25.1 Å². The number of hydrogen-bond acceptors (Lipinski definition) is 5. The molecule has 0 saturated heterocycles. The predicted octanol–water partition coefficient (Wildman–Crippen LogP) is 3.27. The molecule has 23 heavy (non-hydrogen) atoms. The summed E-state index contributed by atoms with van der Waals surface area (Å²) in [6, 6.07) is 9.79. The largest absolute Gasteiger partial charge is 0.396 e. The average Bonchev–Trinajstić information content (AvgIpc) is 2.59. The van der Waals surface area contributed by atoms with Crippen LogP contribution in [0.25, 0.3) is 22.3 Å². The number of fused-ring (bicyclic) bond motifs is 1. The van der Waals surface area contributed by atoms with Crippen LogP contribution in [0.3, 0.4) is 0 Å². The lowest BCUT2D eigenvalue weighted by molar-refractivity contribution is 0.290. The summed E-state index contributed by atoms with van der Waals surface area (Å²) in [5.74, 6) is 1.50. The second-order valence-corrected chi connectivity index (χ2v) is 6.19. The van der Waals surface area contributed by atoms with E-state index >= 15 is 0 Å². The number of aliphatic hydroxyl groups excluding tert-OH is 1. The third-order valence-corrected chi connectivity index (χ3v) is 4.06. The molecule has 0 saturated carbocycles. The van der Waals surface area contributed by atoms with E-state index in [0.29, 0.717) is 12.2 Å². The Morgan fingerprint density at radius 3 is 2.83 bits per heavy atom. The van der Waals surface area contributed by atoms with Crippen molar-refractivity contribution in [2.24, 2.45) is 0 Å². The summed E-state index contributed by atoms with van der Waals surface area (Å²) in [6.07, 6.45) is 4.19. The molecule has 1 N–H and O–H groups in total. The highest BCUT2D eigenvalue weighted by atomic mass is 79.9. The number of anilines is 1. The van der Waals surface area contributed by atoms with Crippen LogP contribution in [0.2, 0.25) is 0 Å². The molecule has 0 atom stereocenters. The molecular weight excluding hydrogens is 356 g/mol. The van der Waals surface area contributed by atoms with Crippen LogP contribution in [0.4, 0.5) is 5.82 Å². The van der Waals surface area contributed by atoms with Gasteiger partial charge in [-0.15, -0.1) is 0 Å². The van der Waals surface area contributed by atoms with Gasteiger partial charge in [0.2, 0.25) is 0 Å². The van der Waals surface area contributed by atoms with Crippen LogP contribution in [0.1, 0.15) is 6.42 Å². The van der Waals surface area contributed by atoms with Gasteiger partial charge in [0.05, 0.1) is 5.52 Å². The molecule has 0 unspecified atom stereocenters. The minimum Gasteiger partial charge on any atom is -0.396 e. The van der Waals surface area contributed by atoms with Crippen LogP contribution < -0.4 is 4.90 Å². The number of aliphatic hydroxyl groups is 1. The molecule has 0 aliphatic rings. The summed E-state index contributed by atoms with van der Waals surface area (Å²) < 4.78 is 0.986. The van der Waals surface area contributed by atoms with Gasteiger partial charge in [0.1, 0.15) is 5.82 Å². The van der Waals surface area contributed by atoms with Gasteiger partial charge in [0, 0.05) is 48.0 Å². The quantitative estimate of drug-likeness (QED) is 0.744. The highest BCUT2D eigenvalue weighted by Crippen LogP contribution is 2.29. The maximum atomic E-state index is 9.08. The number of pyridine rings is 1. The van der Waals surface area contributed by atoms with E-state index in [1.165, 1.54) is 0 Å². The maximum Gasteiger partial charge on any atom is 0.163 e. The van der Waals surface area contributed by atoms with Gasteiger partial charge in [-0.25, -0.2) is 9.97 Å². The molecule has 0 aliphatic carbocycles. The molecule has 3 rings (SSSR count). The van der Waals surface area contributed by atoms with Crippen LogP contribution in [0, 0.1) is 0 Å². The highest BCUT2D eigenvalue weighted by molar-refractivity contribution is 9.10. The molecule has 0 aliphatic heterocycles. The fraction of sp³-hybridized carbons (Fsp3) is 0.235. The first-order chi connectivity index (χ1) is 11.2. The van der Waals surface area contributed by atoms with Crippen LogP contribution >= 0.6 is 15.9 Å². The number of hydrogen-bond donors (Lipinski definition) is 1. The van der Waals surface area contributed by atoms with Crippen LogP contribution in [0.5, 0.6) is 0 Å². The van der Waals surface area contributed by atoms with E-state index in [1.807, 2.05) is 42.3 Å². The topological polar surface area (TPSA) is 62.1 Å². The van der Waals surface area contributed by atoms with Crippen molar-refractivity contribution in [3.63, 3.8) is 0 Å². The van der Waals surface area contributed by atoms with Gasteiger partial charge in [0.15, 0.2) is 5.82 Å². The zero-order valence-electron chi connectivity index (χ0n) is 12.8. The van der Waals surface area contributed by atoms with E-state index < -0.39 is 0 Å². The molecule has 0 radical (unpaired) electrons. The first kappa shape index (κ1) is 15.8. The van der Waals surface area contributed by atoms with Gasteiger partial charge < -0.3 is 10.0 Å². The van der Waals surface area contributed by atoms with E-state index in [2.05, 4.69) is 25.9 Å². The zero-order valence-corrected chi connectivity index (χ0v) is 14.4. The SMILES string of the molecule is CN(CCCO)c1nc(-c2cccnc2)nc2ccc(Br)cc12. The van der Waals surface area contributed by atoms with Gasteiger partial charge in [-0.05, 0) is 36.8 Å². The van der Waals surface area contributed by atoms with Crippen LogP contribution in [0.15, 0.2) is 47.2 Å². The molecule has 5 nitrogen and oxygen atoms in total. The zero-order chi connectivity index (χ0) is 16.2. The molecule has 0 fully saturated rings. The standard InChI is InChI=1S/C17H17BrN4O/c1-22(8-3-9-23)17-14-10-13(18)5-6-15(14)20-16(21-17)12-4-2-7-19-11-12/h2,4-7,10-11,23H,3,8-9H2,1H3. The first-order valence-corrected chi connectivity index (χ1v) is 8.18.